The molecule has 108 valence electrons. The minimum atomic E-state index is -0.334. The number of carbonyl (C=O) groups is 1. The molecule has 0 amide bonds. The molecule has 4 nitrogen and oxygen atoms in total. The highest BCUT2D eigenvalue weighted by Crippen LogP contribution is 2.31. The second kappa shape index (κ2) is 5.85. The van der Waals surface area contributed by atoms with Crippen molar-refractivity contribution >= 4 is 28.5 Å². The molecule has 0 saturated carbocycles. The van der Waals surface area contributed by atoms with Crippen LogP contribution in [0.3, 0.4) is 0 Å². The van der Waals surface area contributed by atoms with Crippen molar-refractivity contribution in [2.75, 3.05) is 13.2 Å². The van der Waals surface area contributed by atoms with Gasteiger partial charge >= 0.3 is 5.97 Å². The van der Waals surface area contributed by atoms with Crippen LogP contribution in [0.25, 0.3) is 10.9 Å². The standard InChI is InChI=1S/C15H19ClN2O2/c1-4-20-15(19)13-7-11-5-6-12(16)10(3)14(11)18(13)9(2)8-17/h5-7,9H,4,8,17H2,1-3H3/t9-/m1/s1. The van der Waals surface area contributed by atoms with Gasteiger partial charge in [-0.3, -0.25) is 0 Å². The molecule has 0 saturated heterocycles. The number of hydrogen-bond acceptors (Lipinski definition) is 3. The third kappa shape index (κ3) is 2.41. The van der Waals surface area contributed by atoms with Crippen LogP contribution in [-0.2, 0) is 4.74 Å². The molecule has 1 atom stereocenters. The monoisotopic (exact) mass is 294 g/mol. The third-order valence-electron chi connectivity index (χ3n) is 3.46. The molecular weight excluding hydrogens is 276 g/mol. The van der Waals surface area contributed by atoms with E-state index in [1.807, 2.05) is 36.6 Å². The number of benzene rings is 1. The van der Waals surface area contributed by atoms with Crippen molar-refractivity contribution in [1.29, 1.82) is 0 Å². The number of nitrogens with two attached hydrogens (primary N) is 1. The summed E-state index contributed by atoms with van der Waals surface area (Å²) in [5.74, 6) is -0.334. The molecular formula is C15H19ClN2O2. The van der Waals surface area contributed by atoms with E-state index < -0.39 is 0 Å². The lowest BCUT2D eigenvalue weighted by molar-refractivity contribution is 0.0512. The Kier molecular flexibility index (Phi) is 4.35. The topological polar surface area (TPSA) is 57.2 Å². The molecule has 2 rings (SSSR count). The Hall–Kier alpha value is -1.52. The van der Waals surface area contributed by atoms with Crippen LogP contribution in [0, 0.1) is 6.92 Å². The summed E-state index contributed by atoms with van der Waals surface area (Å²) < 4.78 is 7.05. The maximum absolute atomic E-state index is 12.1. The van der Waals surface area contributed by atoms with Gasteiger partial charge in [0.2, 0.25) is 0 Å². The first-order valence-corrected chi connectivity index (χ1v) is 7.06. The fourth-order valence-corrected chi connectivity index (χ4v) is 2.55. The van der Waals surface area contributed by atoms with Crippen LogP contribution in [0.1, 0.15) is 35.9 Å². The highest BCUT2D eigenvalue weighted by Gasteiger charge is 2.21. The molecule has 0 aliphatic carbocycles. The number of fused-ring (bicyclic) bond motifs is 1. The second-order valence-electron chi connectivity index (χ2n) is 4.81. The first kappa shape index (κ1) is 14.9. The van der Waals surface area contributed by atoms with Crippen molar-refractivity contribution in [3.05, 3.63) is 34.5 Å². The van der Waals surface area contributed by atoms with Crippen LogP contribution in [0.5, 0.6) is 0 Å². The normalized spacial score (nSPS) is 12.7. The Balaban J connectivity index is 2.75. The summed E-state index contributed by atoms with van der Waals surface area (Å²) in [5.41, 5.74) is 8.19. The lowest BCUT2D eigenvalue weighted by Crippen LogP contribution is -2.21. The smallest absolute Gasteiger partial charge is 0.354 e. The van der Waals surface area contributed by atoms with Crippen LogP contribution < -0.4 is 5.73 Å². The number of aryl methyl sites for hydroxylation is 1. The highest BCUT2D eigenvalue weighted by molar-refractivity contribution is 6.32. The minimum Gasteiger partial charge on any atom is -0.461 e. The number of nitrogens with zero attached hydrogens (tertiary/aromatic N) is 1. The fourth-order valence-electron chi connectivity index (χ4n) is 2.40. The van der Waals surface area contributed by atoms with Gasteiger partial charge in [-0.25, -0.2) is 4.79 Å². The van der Waals surface area contributed by atoms with E-state index in [1.165, 1.54) is 0 Å². The number of halogens is 1. The molecule has 2 N–H and O–H groups in total. The molecule has 2 aromatic rings. The van der Waals surface area contributed by atoms with Crippen molar-refractivity contribution in [1.82, 2.24) is 4.57 Å². The van der Waals surface area contributed by atoms with Crippen molar-refractivity contribution in [3.8, 4) is 0 Å². The molecule has 1 heterocycles. The Morgan fingerprint density at radius 1 is 1.50 bits per heavy atom. The van der Waals surface area contributed by atoms with Crippen molar-refractivity contribution in [2.24, 2.45) is 5.73 Å². The Labute approximate surface area is 123 Å². The number of rotatable bonds is 4. The van der Waals surface area contributed by atoms with Gasteiger partial charge in [0, 0.05) is 23.0 Å². The molecule has 5 heteroatoms. The first-order chi connectivity index (χ1) is 9.51. The molecule has 0 spiro atoms. The molecule has 0 radical (unpaired) electrons. The lowest BCUT2D eigenvalue weighted by Gasteiger charge is -2.17. The number of aromatic nitrogens is 1. The van der Waals surface area contributed by atoms with E-state index in [2.05, 4.69) is 0 Å². The van der Waals surface area contributed by atoms with Gasteiger partial charge in [-0.15, -0.1) is 0 Å². The summed E-state index contributed by atoms with van der Waals surface area (Å²) in [6.07, 6.45) is 0. The predicted molar refractivity (Wildman–Crippen MR) is 81.4 cm³/mol. The minimum absolute atomic E-state index is 0.0101. The zero-order valence-electron chi connectivity index (χ0n) is 11.9. The molecule has 0 bridgehead atoms. The van der Waals surface area contributed by atoms with E-state index in [1.54, 1.807) is 6.92 Å². The summed E-state index contributed by atoms with van der Waals surface area (Å²) >= 11 is 6.20. The van der Waals surface area contributed by atoms with Crippen molar-refractivity contribution in [3.63, 3.8) is 0 Å². The Morgan fingerprint density at radius 2 is 2.20 bits per heavy atom. The summed E-state index contributed by atoms with van der Waals surface area (Å²) in [4.78, 5) is 12.1. The van der Waals surface area contributed by atoms with Gasteiger partial charge in [-0.05, 0) is 38.5 Å². The predicted octanol–water partition coefficient (Wildman–Crippen LogP) is 3.30. The van der Waals surface area contributed by atoms with Gasteiger partial charge in [-0.2, -0.15) is 0 Å². The average molecular weight is 295 g/mol. The van der Waals surface area contributed by atoms with Gasteiger partial charge in [0.1, 0.15) is 5.69 Å². The quantitative estimate of drug-likeness (QED) is 0.880. The summed E-state index contributed by atoms with van der Waals surface area (Å²) in [5, 5.41) is 1.65. The lowest BCUT2D eigenvalue weighted by atomic mass is 10.1. The SMILES string of the molecule is CCOC(=O)c1cc2ccc(Cl)c(C)c2n1[C@H](C)CN. The molecule has 20 heavy (non-hydrogen) atoms. The van der Waals surface area contributed by atoms with Gasteiger partial charge < -0.3 is 15.0 Å². The largest absolute Gasteiger partial charge is 0.461 e. The van der Waals surface area contributed by atoms with E-state index in [0.717, 1.165) is 16.5 Å². The second-order valence-corrected chi connectivity index (χ2v) is 5.22. The van der Waals surface area contributed by atoms with Crippen molar-refractivity contribution in [2.45, 2.75) is 26.8 Å². The van der Waals surface area contributed by atoms with Crippen LogP contribution in [-0.4, -0.2) is 23.7 Å². The van der Waals surface area contributed by atoms with Crippen LogP contribution in [0.4, 0.5) is 0 Å². The van der Waals surface area contributed by atoms with Gasteiger partial charge in [0.25, 0.3) is 0 Å². The first-order valence-electron chi connectivity index (χ1n) is 6.68. The van der Waals surface area contributed by atoms with Gasteiger partial charge in [-0.1, -0.05) is 17.7 Å². The highest BCUT2D eigenvalue weighted by atomic mass is 35.5. The average Bonchev–Trinajstić information content (AvgIpc) is 2.82. The fraction of sp³-hybridized carbons (Fsp3) is 0.400. The summed E-state index contributed by atoms with van der Waals surface area (Å²) in [7, 11) is 0. The molecule has 0 aliphatic heterocycles. The van der Waals surface area contributed by atoms with Gasteiger partial charge in [0.05, 0.1) is 12.1 Å². The molecule has 1 aromatic heterocycles. The number of carbonyl (C=O) groups excluding carboxylic acids is 1. The van der Waals surface area contributed by atoms with Crippen LogP contribution >= 0.6 is 11.6 Å². The van der Waals surface area contributed by atoms with Crippen molar-refractivity contribution < 1.29 is 9.53 Å². The molecule has 0 unspecified atom stereocenters. The molecule has 1 aromatic carbocycles. The number of hydrogen-bond donors (Lipinski definition) is 1. The maximum atomic E-state index is 12.1. The zero-order valence-corrected chi connectivity index (χ0v) is 12.7. The van der Waals surface area contributed by atoms with E-state index in [-0.39, 0.29) is 12.0 Å². The van der Waals surface area contributed by atoms with E-state index in [9.17, 15) is 4.79 Å². The van der Waals surface area contributed by atoms with E-state index >= 15 is 0 Å². The van der Waals surface area contributed by atoms with Crippen LogP contribution in [0.2, 0.25) is 5.02 Å². The zero-order chi connectivity index (χ0) is 14.9. The summed E-state index contributed by atoms with van der Waals surface area (Å²) in [6.45, 7) is 6.49. The maximum Gasteiger partial charge on any atom is 0.354 e. The number of esters is 1. The summed E-state index contributed by atoms with van der Waals surface area (Å²) in [6, 6.07) is 5.57. The third-order valence-corrected chi connectivity index (χ3v) is 3.86. The Morgan fingerprint density at radius 3 is 2.80 bits per heavy atom. The van der Waals surface area contributed by atoms with Crippen LogP contribution in [0.15, 0.2) is 18.2 Å². The number of ether oxygens (including phenoxy) is 1. The van der Waals surface area contributed by atoms with E-state index in [4.69, 9.17) is 22.1 Å². The van der Waals surface area contributed by atoms with Gasteiger partial charge in [0.15, 0.2) is 0 Å². The molecule has 0 fully saturated rings. The molecule has 0 aliphatic rings. The Bertz CT molecular complexity index is 649. The van der Waals surface area contributed by atoms with E-state index in [0.29, 0.717) is 23.9 Å².